The number of rotatable bonds is 6. The second-order valence-corrected chi connectivity index (χ2v) is 6.74. The molecule has 0 fully saturated rings. The Bertz CT molecular complexity index is 788. The normalized spacial score (nSPS) is 11.9. The number of carbonyl (C=O) groups excluding carboxylic acids is 2. The molecule has 0 spiro atoms. The van der Waals surface area contributed by atoms with Crippen LogP contribution < -0.4 is 16.0 Å². The number of urea groups is 1. The molecule has 0 saturated carbocycles. The Kier molecular flexibility index (Phi) is 6.63. The molecule has 2 aromatic rings. The molecule has 2 rings (SSSR count). The van der Waals surface area contributed by atoms with Crippen molar-refractivity contribution in [2.75, 3.05) is 5.32 Å². The summed E-state index contributed by atoms with van der Waals surface area (Å²) in [4.78, 5) is 31.7. The Morgan fingerprint density at radius 3 is 2.54 bits per heavy atom. The second kappa shape index (κ2) is 8.71. The molecular formula is C18H24ClN5O2. The molecule has 140 valence electrons. The maximum absolute atomic E-state index is 12.3. The van der Waals surface area contributed by atoms with Crippen LogP contribution in [0, 0.1) is 6.92 Å². The molecule has 0 aliphatic carbocycles. The molecule has 1 aromatic heterocycles. The topological polar surface area (TPSA) is 98.9 Å². The van der Waals surface area contributed by atoms with Crippen LogP contribution in [0.15, 0.2) is 24.4 Å². The number of carbonyl (C=O) groups is 2. The molecule has 8 heteroatoms. The zero-order chi connectivity index (χ0) is 19.3. The lowest BCUT2D eigenvalue weighted by molar-refractivity contribution is 0.0943. The fourth-order valence-corrected chi connectivity index (χ4v) is 2.68. The standard InChI is InChI=1S/C18H24ClN5O2/c1-5-15(16-20-9-11(4)22-16)24-18(26)23-12-6-7-13(14(19)8-12)17(25)21-10(2)3/h6-10,15H,5H2,1-4H3,(H,20,22)(H,21,25)(H2,23,24,26)/t15-/m0/s1. The first-order valence-corrected chi connectivity index (χ1v) is 8.87. The van der Waals surface area contributed by atoms with Crippen molar-refractivity contribution in [1.29, 1.82) is 0 Å². The number of imidazole rings is 1. The van der Waals surface area contributed by atoms with E-state index in [9.17, 15) is 9.59 Å². The van der Waals surface area contributed by atoms with Crippen LogP contribution in [0.2, 0.25) is 5.02 Å². The van der Waals surface area contributed by atoms with Crippen LogP contribution in [-0.4, -0.2) is 27.9 Å². The summed E-state index contributed by atoms with van der Waals surface area (Å²) < 4.78 is 0. The fourth-order valence-electron chi connectivity index (χ4n) is 2.42. The molecule has 0 aliphatic rings. The number of hydrogen-bond acceptors (Lipinski definition) is 3. The summed E-state index contributed by atoms with van der Waals surface area (Å²) in [7, 11) is 0. The smallest absolute Gasteiger partial charge is 0.319 e. The summed E-state index contributed by atoms with van der Waals surface area (Å²) in [5, 5.41) is 8.64. The predicted octanol–water partition coefficient (Wildman–Crippen LogP) is 3.78. The van der Waals surface area contributed by atoms with Crippen molar-refractivity contribution < 1.29 is 9.59 Å². The number of aromatic nitrogens is 2. The average molecular weight is 378 g/mol. The molecule has 4 N–H and O–H groups in total. The molecule has 0 radical (unpaired) electrons. The van der Waals surface area contributed by atoms with Crippen LogP contribution >= 0.6 is 11.6 Å². The average Bonchev–Trinajstić information content (AvgIpc) is 2.98. The van der Waals surface area contributed by atoms with Crippen molar-refractivity contribution in [2.24, 2.45) is 0 Å². The van der Waals surface area contributed by atoms with Gasteiger partial charge in [0.15, 0.2) is 0 Å². The molecule has 1 heterocycles. The van der Waals surface area contributed by atoms with Gasteiger partial charge in [-0.3, -0.25) is 4.79 Å². The third kappa shape index (κ3) is 5.23. The fraction of sp³-hybridized carbons (Fsp3) is 0.389. The third-order valence-electron chi connectivity index (χ3n) is 3.66. The van der Waals surface area contributed by atoms with Gasteiger partial charge >= 0.3 is 6.03 Å². The highest BCUT2D eigenvalue weighted by Gasteiger charge is 2.16. The number of nitrogens with one attached hydrogen (secondary N) is 4. The van der Waals surface area contributed by atoms with Crippen molar-refractivity contribution in [3.8, 4) is 0 Å². The summed E-state index contributed by atoms with van der Waals surface area (Å²) in [6.45, 7) is 7.61. The van der Waals surface area contributed by atoms with Crippen LogP contribution in [0.1, 0.15) is 55.1 Å². The summed E-state index contributed by atoms with van der Waals surface area (Å²) in [5.41, 5.74) is 1.80. The molecule has 26 heavy (non-hydrogen) atoms. The Labute approximate surface area is 157 Å². The first-order chi connectivity index (χ1) is 12.3. The molecule has 7 nitrogen and oxygen atoms in total. The van der Waals surface area contributed by atoms with Crippen LogP contribution in [-0.2, 0) is 0 Å². The van der Waals surface area contributed by atoms with E-state index in [2.05, 4.69) is 25.9 Å². The number of aromatic amines is 1. The van der Waals surface area contributed by atoms with E-state index in [0.29, 0.717) is 23.5 Å². The molecule has 0 aliphatic heterocycles. The number of H-pyrrole nitrogens is 1. The highest BCUT2D eigenvalue weighted by molar-refractivity contribution is 6.34. The first kappa shape index (κ1) is 19.8. The van der Waals surface area contributed by atoms with E-state index < -0.39 is 0 Å². The van der Waals surface area contributed by atoms with Gasteiger partial charge < -0.3 is 20.9 Å². The Balaban J connectivity index is 2.02. The molecule has 0 bridgehead atoms. The summed E-state index contributed by atoms with van der Waals surface area (Å²) in [6, 6.07) is 4.19. The zero-order valence-electron chi connectivity index (χ0n) is 15.3. The largest absolute Gasteiger partial charge is 0.350 e. The minimum absolute atomic E-state index is 0.0124. The number of nitrogens with zero attached hydrogens (tertiary/aromatic N) is 1. The number of benzene rings is 1. The van der Waals surface area contributed by atoms with E-state index >= 15 is 0 Å². The van der Waals surface area contributed by atoms with Gasteiger partial charge in [-0.2, -0.15) is 0 Å². The summed E-state index contributed by atoms with van der Waals surface area (Å²) in [6.07, 6.45) is 2.41. The molecule has 0 saturated heterocycles. The van der Waals surface area contributed by atoms with Gasteiger partial charge in [0.25, 0.3) is 5.91 Å². The third-order valence-corrected chi connectivity index (χ3v) is 3.97. The van der Waals surface area contributed by atoms with Crippen LogP contribution in [0.5, 0.6) is 0 Å². The van der Waals surface area contributed by atoms with Gasteiger partial charge in [0, 0.05) is 23.6 Å². The van der Waals surface area contributed by atoms with E-state index in [1.54, 1.807) is 24.4 Å². The SMILES string of the molecule is CC[C@H](NC(=O)Nc1ccc(C(=O)NC(C)C)c(Cl)c1)c1ncc(C)[nH]1. The van der Waals surface area contributed by atoms with E-state index in [4.69, 9.17) is 11.6 Å². The van der Waals surface area contributed by atoms with E-state index in [1.165, 1.54) is 0 Å². The van der Waals surface area contributed by atoms with Crippen molar-refractivity contribution in [1.82, 2.24) is 20.6 Å². The summed E-state index contributed by atoms with van der Waals surface area (Å²) in [5.74, 6) is 0.458. The first-order valence-electron chi connectivity index (χ1n) is 8.49. The highest BCUT2D eigenvalue weighted by atomic mass is 35.5. The molecular weight excluding hydrogens is 354 g/mol. The molecule has 3 amide bonds. The number of amides is 3. The van der Waals surface area contributed by atoms with Gasteiger partial charge in [-0.1, -0.05) is 18.5 Å². The van der Waals surface area contributed by atoms with Crippen molar-refractivity contribution in [3.05, 3.63) is 46.5 Å². The predicted molar refractivity (Wildman–Crippen MR) is 103 cm³/mol. The maximum Gasteiger partial charge on any atom is 0.319 e. The monoisotopic (exact) mass is 377 g/mol. The minimum atomic E-state index is -0.374. The quantitative estimate of drug-likeness (QED) is 0.616. The number of halogens is 1. The van der Waals surface area contributed by atoms with Crippen molar-refractivity contribution >= 4 is 29.2 Å². The van der Waals surface area contributed by atoms with Crippen LogP contribution in [0.3, 0.4) is 0 Å². The lowest BCUT2D eigenvalue weighted by atomic mass is 10.2. The van der Waals surface area contributed by atoms with Gasteiger partial charge in [-0.25, -0.2) is 9.78 Å². The lowest BCUT2D eigenvalue weighted by Crippen LogP contribution is -2.33. The maximum atomic E-state index is 12.3. The highest BCUT2D eigenvalue weighted by Crippen LogP contribution is 2.21. The second-order valence-electron chi connectivity index (χ2n) is 6.33. The molecule has 1 aromatic carbocycles. The van der Waals surface area contributed by atoms with E-state index in [1.807, 2.05) is 27.7 Å². The number of anilines is 1. The Morgan fingerprint density at radius 1 is 1.27 bits per heavy atom. The number of aryl methyl sites for hydroxylation is 1. The van der Waals surface area contributed by atoms with Gasteiger partial charge in [0.1, 0.15) is 5.82 Å². The number of hydrogen-bond donors (Lipinski definition) is 4. The van der Waals surface area contributed by atoms with Gasteiger partial charge in [-0.15, -0.1) is 0 Å². The van der Waals surface area contributed by atoms with Crippen molar-refractivity contribution in [3.63, 3.8) is 0 Å². The molecule has 1 atom stereocenters. The lowest BCUT2D eigenvalue weighted by Gasteiger charge is -2.16. The zero-order valence-corrected chi connectivity index (χ0v) is 16.1. The van der Waals surface area contributed by atoms with E-state index in [-0.39, 0.29) is 29.0 Å². The Hall–Kier alpha value is -2.54. The van der Waals surface area contributed by atoms with Crippen LogP contribution in [0.4, 0.5) is 10.5 Å². The van der Waals surface area contributed by atoms with Crippen molar-refractivity contribution in [2.45, 2.75) is 46.2 Å². The van der Waals surface area contributed by atoms with Gasteiger partial charge in [0.05, 0.1) is 16.6 Å². The van der Waals surface area contributed by atoms with E-state index in [0.717, 1.165) is 5.69 Å². The van der Waals surface area contributed by atoms with Gasteiger partial charge in [0.2, 0.25) is 0 Å². The Morgan fingerprint density at radius 2 is 2.00 bits per heavy atom. The summed E-state index contributed by atoms with van der Waals surface area (Å²) >= 11 is 6.18. The van der Waals surface area contributed by atoms with Crippen LogP contribution in [0.25, 0.3) is 0 Å². The minimum Gasteiger partial charge on any atom is -0.350 e. The van der Waals surface area contributed by atoms with Gasteiger partial charge in [-0.05, 0) is 45.4 Å². The molecule has 0 unspecified atom stereocenters.